The van der Waals surface area contributed by atoms with E-state index in [1.54, 1.807) is 0 Å². The first kappa shape index (κ1) is 42.9. The van der Waals surface area contributed by atoms with Gasteiger partial charge in [-0.1, -0.05) is 156 Å². The van der Waals surface area contributed by atoms with Crippen LogP contribution in [0.3, 0.4) is 0 Å². The lowest BCUT2D eigenvalue weighted by atomic mass is 9.63. The van der Waals surface area contributed by atoms with Crippen LogP contribution in [0.4, 0.5) is 0 Å². The lowest BCUT2D eigenvalue weighted by molar-refractivity contribution is 0.332. The van der Waals surface area contributed by atoms with Gasteiger partial charge in [-0.05, 0) is 165 Å². The molecule has 0 amide bonds. The maximum absolute atomic E-state index is 14.9. The molecule has 0 spiro atoms. The van der Waals surface area contributed by atoms with Crippen molar-refractivity contribution in [1.29, 1.82) is 0 Å². The largest absolute Gasteiger partial charge is 0.218 e. The SMILES string of the molecule is CCC(C)c1cc(C=C(C)c2ccc3c(c2)C(C)(C)CCC3(C)C)ccc1S(=O)(=O)c1ccc(C=C(C)c2ccc3c(c2)C(C)(C)CCC3(C)C)cc1C(C)CC. The third-order valence-corrected chi connectivity index (χ3v) is 16.2. The normalized spacial score (nSPS) is 19.7. The van der Waals surface area contributed by atoms with E-state index in [0.717, 1.165) is 35.1 Å². The zero-order valence-corrected chi connectivity index (χ0v) is 38.5. The number of allylic oxidation sites excluding steroid dienone is 2. The van der Waals surface area contributed by atoms with Crippen LogP contribution >= 0.6 is 0 Å². The highest BCUT2D eigenvalue weighted by Crippen LogP contribution is 2.48. The Morgan fingerprint density at radius 2 is 0.860 bits per heavy atom. The van der Waals surface area contributed by atoms with Crippen LogP contribution in [0, 0.1) is 0 Å². The van der Waals surface area contributed by atoms with Crippen molar-refractivity contribution in [2.75, 3.05) is 0 Å². The van der Waals surface area contributed by atoms with E-state index < -0.39 is 9.84 Å². The van der Waals surface area contributed by atoms with Gasteiger partial charge >= 0.3 is 0 Å². The second kappa shape index (κ2) is 15.5. The molecular weight excluding hydrogens is 713 g/mol. The number of rotatable bonds is 10. The van der Waals surface area contributed by atoms with Crippen molar-refractivity contribution in [3.8, 4) is 0 Å². The Hall–Kier alpha value is -3.69. The summed E-state index contributed by atoms with van der Waals surface area (Å²) in [6.45, 7) is 31.9. The Morgan fingerprint density at radius 1 is 0.526 bits per heavy atom. The van der Waals surface area contributed by atoms with Crippen molar-refractivity contribution in [3.05, 3.63) is 128 Å². The number of hydrogen-bond acceptors (Lipinski definition) is 2. The van der Waals surface area contributed by atoms with Gasteiger partial charge in [-0.15, -0.1) is 0 Å². The summed E-state index contributed by atoms with van der Waals surface area (Å²) in [5.41, 5.74) is 15.1. The van der Waals surface area contributed by atoms with Crippen molar-refractivity contribution in [2.24, 2.45) is 0 Å². The molecule has 0 bridgehead atoms. The summed E-state index contributed by atoms with van der Waals surface area (Å²) in [4.78, 5) is 0.848. The zero-order chi connectivity index (χ0) is 41.9. The molecule has 57 heavy (non-hydrogen) atoms. The van der Waals surface area contributed by atoms with Gasteiger partial charge in [-0.3, -0.25) is 0 Å². The minimum Gasteiger partial charge on any atom is -0.218 e. The Balaban J connectivity index is 1.37. The molecule has 6 rings (SSSR count). The quantitative estimate of drug-likeness (QED) is 0.150. The molecule has 3 heteroatoms. The number of hydrogen-bond donors (Lipinski definition) is 0. The van der Waals surface area contributed by atoms with Gasteiger partial charge < -0.3 is 0 Å². The molecule has 2 aliphatic rings. The topological polar surface area (TPSA) is 34.1 Å². The summed E-state index contributed by atoms with van der Waals surface area (Å²) >= 11 is 0. The highest BCUT2D eigenvalue weighted by Gasteiger charge is 2.38. The van der Waals surface area contributed by atoms with Crippen LogP contribution in [0.25, 0.3) is 23.3 Å². The molecule has 0 aliphatic heterocycles. The monoisotopic (exact) mass is 783 g/mol. The van der Waals surface area contributed by atoms with Crippen LogP contribution in [0.15, 0.2) is 82.6 Å². The predicted octanol–water partition coefficient (Wildman–Crippen LogP) is 15.4. The fraction of sp³-hybridized carbons (Fsp3) is 0.481. The van der Waals surface area contributed by atoms with Gasteiger partial charge in [0.05, 0.1) is 9.79 Å². The third kappa shape index (κ3) is 8.30. The Morgan fingerprint density at radius 3 is 1.19 bits per heavy atom. The van der Waals surface area contributed by atoms with Crippen molar-refractivity contribution in [3.63, 3.8) is 0 Å². The Kier molecular flexibility index (Phi) is 11.7. The molecule has 0 saturated carbocycles. The fourth-order valence-corrected chi connectivity index (χ4v) is 11.3. The van der Waals surface area contributed by atoms with E-state index in [1.807, 2.05) is 24.3 Å². The van der Waals surface area contributed by atoms with Gasteiger partial charge in [0.15, 0.2) is 0 Å². The van der Waals surface area contributed by atoms with Gasteiger partial charge in [0.2, 0.25) is 9.84 Å². The van der Waals surface area contributed by atoms with E-state index in [0.29, 0.717) is 9.79 Å². The minimum atomic E-state index is -3.82. The summed E-state index contributed by atoms with van der Waals surface area (Å²) in [6, 6.07) is 26.0. The molecule has 2 nitrogen and oxygen atoms in total. The van der Waals surface area contributed by atoms with Crippen LogP contribution in [0.5, 0.6) is 0 Å². The van der Waals surface area contributed by atoms with E-state index in [9.17, 15) is 8.42 Å². The van der Waals surface area contributed by atoms with Gasteiger partial charge in [0.1, 0.15) is 0 Å². The molecule has 0 radical (unpaired) electrons. The van der Waals surface area contributed by atoms with Gasteiger partial charge in [-0.25, -0.2) is 8.42 Å². The van der Waals surface area contributed by atoms with Gasteiger partial charge in [0, 0.05) is 0 Å². The van der Waals surface area contributed by atoms with Crippen LogP contribution in [0.1, 0.15) is 203 Å². The molecular formula is C54H70O2S. The van der Waals surface area contributed by atoms with Gasteiger partial charge in [-0.2, -0.15) is 0 Å². The molecule has 0 fully saturated rings. The predicted molar refractivity (Wildman–Crippen MR) is 246 cm³/mol. The smallest absolute Gasteiger partial charge is 0.207 e. The van der Waals surface area contributed by atoms with Crippen LogP contribution < -0.4 is 0 Å². The summed E-state index contributed by atoms with van der Waals surface area (Å²) in [6.07, 6.45) is 10.9. The third-order valence-electron chi connectivity index (χ3n) is 14.3. The summed E-state index contributed by atoms with van der Waals surface area (Å²) in [7, 11) is -3.82. The lowest BCUT2D eigenvalue weighted by Gasteiger charge is -2.42. The molecule has 0 saturated heterocycles. The molecule has 0 heterocycles. The first-order valence-electron chi connectivity index (χ1n) is 21.7. The second-order valence-electron chi connectivity index (χ2n) is 20.4. The minimum absolute atomic E-state index is 0.0827. The van der Waals surface area contributed by atoms with Gasteiger partial charge in [0.25, 0.3) is 0 Å². The first-order chi connectivity index (χ1) is 26.5. The Bertz CT molecular complexity index is 2180. The zero-order valence-electron chi connectivity index (χ0n) is 37.7. The Labute approximate surface area is 347 Å². The van der Waals surface area contributed by atoms with Crippen molar-refractivity contribution < 1.29 is 8.42 Å². The molecule has 2 unspecified atom stereocenters. The van der Waals surface area contributed by atoms with Crippen molar-refractivity contribution >= 4 is 33.1 Å². The molecule has 4 aromatic carbocycles. The summed E-state index contributed by atoms with van der Waals surface area (Å²) < 4.78 is 29.8. The molecule has 2 atom stereocenters. The van der Waals surface area contributed by atoms with Crippen molar-refractivity contribution in [1.82, 2.24) is 0 Å². The second-order valence-corrected chi connectivity index (χ2v) is 22.3. The van der Waals surface area contributed by atoms with Crippen molar-refractivity contribution in [2.45, 2.75) is 179 Å². The standard InChI is InChI=1S/C54H70O2S/c1-15-35(3)43-31-39(29-37(5)41-19-21-45-47(33-41)53(11,12)27-25-51(45,7)8)17-23-49(43)57(55,56)50-24-18-40(32-44(50)36(4)16-2)30-38(6)42-20-22-46-48(34-42)54(13,14)28-26-52(46,9)10/h17-24,29-36H,15-16,25-28H2,1-14H3. The first-order valence-corrected chi connectivity index (χ1v) is 23.2. The lowest BCUT2D eigenvalue weighted by Crippen LogP contribution is -2.33. The van der Waals surface area contributed by atoms with E-state index in [-0.39, 0.29) is 33.5 Å². The summed E-state index contributed by atoms with van der Waals surface area (Å²) in [5, 5.41) is 0. The highest BCUT2D eigenvalue weighted by atomic mass is 32.2. The molecule has 0 aromatic heterocycles. The van der Waals surface area contributed by atoms with Crippen LogP contribution in [-0.4, -0.2) is 8.42 Å². The van der Waals surface area contributed by atoms with Crippen LogP contribution in [-0.2, 0) is 31.5 Å². The summed E-state index contributed by atoms with van der Waals surface area (Å²) in [5.74, 6) is 0.165. The average Bonchev–Trinajstić information content (AvgIpc) is 3.17. The molecule has 2 aliphatic carbocycles. The van der Waals surface area contributed by atoms with E-state index in [4.69, 9.17) is 0 Å². The maximum Gasteiger partial charge on any atom is 0.207 e. The average molecular weight is 783 g/mol. The number of sulfone groups is 1. The van der Waals surface area contributed by atoms with E-state index in [2.05, 4.69) is 158 Å². The molecule has 304 valence electrons. The van der Waals surface area contributed by atoms with E-state index >= 15 is 0 Å². The highest BCUT2D eigenvalue weighted by molar-refractivity contribution is 7.91. The van der Waals surface area contributed by atoms with Crippen LogP contribution in [0.2, 0.25) is 0 Å². The molecule has 4 aromatic rings. The fourth-order valence-electron chi connectivity index (χ4n) is 9.47. The van der Waals surface area contributed by atoms with E-state index in [1.165, 1.54) is 70.2 Å². The maximum atomic E-state index is 14.9. The number of benzene rings is 4. The molecule has 0 N–H and O–H groups in total. The number of fused-ring (bicyclic) bond motifs is 2.